The van der Waals surface area contributed by atoms with Crippen LogP contribution in [0.15, 0.2) is 46.1 Å². The predicted octanol–water partition coefficient (Wildman–Crippen LogP) is 4.11. The monoisotopic (exact) mass is 244 g/mol. The maximum Gasteiger partial charge on any atom is 0.210 e. The molecule has 3 aromatic rings. The van der Waals surface area contributed by atoms with Crippen LogP contribution in [0.2, 0.25) is 0 Å². The van der Waals surface area contributed by atoms with E-state index in [1.807, 2.05) is 35.9 Å². The average molecular weight is 244 g/mol. The maximum atomic E-state index is 4.44. The van der Waals surface area contributed by atoms with Gasteiger partial charge in [0.05, 0.1) is 10.2 Å². The molecule has 0 saturated heterocycles. The van der Waals surface area contributed by atoms with Gasteiger partial charge in [0.25, 0.3) is 0 Å². The lowest BCUT2D eigenvalue weighted by molar-refractivity contribution is 1.41. The van der Waals surface area contributed by atoms with E-state index in [1.165, 1.54) is 4.70 Å². The molecule has 0 radical (unpaired) electrons. The normalized spacial score (nSPS) is 11.5. The number of hydrogen-bond acceptors (Lipinski definition) is 4. The second kappa shape index (κ2) is 4.15. The van der Waals surface area contributed by atoms with Crippen LogP contribution in [0.1, 0.15) is 5.56 Å². The first-order chi connectivity index (χ1) is 7.92. The summed E-state index contributed by atoms with van der Waals surface area (Å²) in [5, 5.41) is 4.92. The zero-order chi connectivity index (χ0) is 10.8. The fraction of sp³-hybridized carbons (Fsp3) is 0. The van der Waals surface area contributed by atoms with Crippen LogP contribution in [0.4, 0.5) is 5.13 Å². The number of hydrogen-bond donors (Lipinski definition) is 0. The Bertz CT molecular complexity index is 590. The van der Waals surface area contributed by atoms with Crippen molar-refractivity contribution in [1.29, 1.82) is 0 Å². The van der Waals surface area contributed by atoms with E-state index in [-0.39, 0.29) is 0 Å². The van der Waals surface area contributed by atoms with E-state index in [9.17, 15) is 0 Å². The molecule has 0 N–H and O–H groups in total. The van der Waals surface area contributed by atoms with Crippen molar-refractivity contribution in [2.75, 3.05) is 0 Å². The highest BCUT2D eigenvalue weighted by molar-refractivity contribution is 7.22. The number of para-hydroxylation sites is 1. The molecule has 0 bridgehead atoms. The van der Waals surface area contributed by atoms with Gasteiger partial charge in [-0.3, -0.25) is 0 Å². The van der Waals surface area contributed by atoms with Gasteiger partial charge in [0.1, 0.15) is 0 Å². The summed E-state index contributed by atoms with van der Waals surface area (Å²) >= 11 is 3.28. The van der Waals surface area contributed by atoms with Crippen molar-refractivity contribution in [3.63, 3.8) is 0 Å². The molecular formula is C12H8N2S2. The highest BCUT2D eigenvalue weighted by Crippen LogP contribution is 2.27. The topological polar surface area (TPSA) is 25.2 Å². The van der Waals surface area contributed by atoms with E-state index in [4.69, 9.17) is 0 Å². The first-order valence-electron chi connectivity index (χ1n) is 4.84. The molecule has 0 spiro atoms. The maximum absolute atomic E-state index is 4.44. The molecule has 0 aliphatic heterocycles. The quantitative estimate of drug-likeness (QED) is 0.623. The van der Waals surface area contributed by atoms with E-state index < -0.39 is 0 Å². The number of nitrogens with zero attached hydrogens (tertiary/aromatic N) is 2. The minimum atomic E-state index is 0.812. The van der Waals surface area contributed by atoms with Crippen LogP contribution in [0, 0.1) is 0 Å². The molecule has 0 amide bonds. The summed E-state index contributed by atoms with van der Waals surface area (Å²) in [4.78, 5) is 8.81. The molecule has 0 fully saturated rings. The molecule has 2 nitrogen and oxygen atoms in total. The molecule has 4 heteroatoms. The molecule has 0 aliphatic carbocycles. The van der Waals surface area contributed by atoms with Gasteiger partial charge in [-0.05, 0) is 29.0 Å². The van der Waals surface area contributed by atoms with Crippen molar-refractivity contribution in [2.24, 2.45) is 4.99 Å². The van der Waals surface area contributed by atoms with Gasteiger partial charge in [-0.2, -0.15) is 11.3 Å². The number of benzene rings is 1. The molecule has 2 aromatic heterocycles. The standard InChI is InChI=1S/C12H8N2S2/c1-2-4-11-10(3-1)14-12(16-11)13-7-9-5-6-15-8-9/h1-8H. The van der Waals surface area contributed by atoms with E-state index in [1.54, 1.807) is 22.7 Å². The lowest BCUT2D eigenvalue weighted by Gasteiger charge is -1.81. The summed E-state index contributed by atoms with van der Waals surface area (Å²) < 4.78 is 1.18. The van der Waals surface area contributed by atoms with Crippen molar-refractivity contribution >= 4 is 44.2 Å². The van der Waals surface area contributed by atoms with Crippen molar-refractivity contribution in [2.45, 2.75) is 0 Å². The van der Waals surface area contributed by atoms with Gasteiger partial charge < -0.3 is 0 Å². The third-order valence-corrected chi connectivity index (χ3v) is 3.80. The van der Waals surface area contributed by atoms with Crippen molar-refractivity contribution in [3.05, 3.63) is 46.7 Å². The molecule has 2 heterocycles. The minimum Gasteiger partial charge on any atom is -0.227 e. The van der Waals surface area contributed by atoms with Crippen molar-refractivity contribution in [1.82, 2.24) is 4.98 Å². The highest BCUT2D eigenvalue weighted by atomic mass is 32.1. The summed E-state index contributed by atoms with van der Waals surface area (Å²) in [7, 11) is 0. The Hall–Kier alpha value is -1.52. The number of aliphatic imine (C=N–C) groups is 1. The van der Waals surface area contributed by atoms with Crippen LogP contribution in [0.3, 0.4) is 0 Å². The van der Waals surface area contributed by atoms with Gasteiger partial charge in [0.2, 0.25) is 5.13 Å². The molecule has 16 heavy (non-hydrogen) atoms. The highest BCUT2D eigenvalue weighted by Gasteiger charge is 2.00. The van der Waals surface area contributed by atoms with E-state index in [0.717, 1.165) is 16.2 Å². The third kappa shape index (κ3) is 1.89. The molecule has 78 valence electrons. The second-order valence-corrected chi connectivity index (χ2v) is 5.07. The van der Waals surface area contributed by atoms with Gasteiger partial charge >= 0.3 is 0 Å². The van der Waals surface area contributed by atoms with Crippen molar-refractivity contribution in [3.8, 4) is 0 Å². The Kier molecular flexibility index (Phi) is 2.52. The summed E-state index contributed by atoms with van der Waals surface area (Å²) in [6.45, 7) is 0. The minimum absolute atomic E-state index is 0.812. The first-order valence-corrected chi connectivity index (χ1v) is 6.59. The van der Waals surface area contributed by atoms with E-state index in [2.05, 4.69) is 21.4 Å². The fourth-order valence-corrected chi connectivity index (χ4v) is 2.82. The van der Waals surface area contributed by atoms with Crippen LogP contribution in [0.5, 0.6) is 0 Å². The van der Waals surface area contributed by atoms with Gasteiger partial charge in [0.15, 0.2) is 0 Å². The zero-order valence-corrected chi connectivity index (χ0v) is 9.96. The number of rotatable bonds is 2. The van der Waals surface area contributed by atoms with Gasteiger partial charge in [0, 0.05) is 11.8 Å². The molecule has 0 atom stereocenters. The smallest absolute Gasteiger partial charge is 0.210 e. The van der Waals surface area contributed by atoms with E-state index >= 15 is 0 Å². The van der Waals surface area contributed by atoms with Gasteiger partial charge in [-0.1, -0.05) is 23.5 Å². The fourth-order valence-electron chi connectivity index (χ4n) is 1.39. The molecular weight excluding hydrogens is 236 g/mol. The first kappa shape index (κ1) is 9.69. The lowest BCUT2D eigenvalue weighted by atomic mass is 10.3. The third-order valence-electron chi connectivity index (χ3n) is 2.15. The Morgan fingerprint density at radius 2 is 2.12 bits per heavy atom. The summed E-state index contributed by atoms with van der Waals surface area (Å²) in [5.74, 6) is 0. The summed E-state index contributed by atoms with van der Waals surface area (Å²) in [6, 6.07) is 10.1. The lowest BCUT2D eigenvalue weighted by Crippen LogP contribution is -1.72. The van der Waals surface area contributed by atoms with Crippen LogP contribution in [0.25, 0.3) is 10.2 Å². The Labute approximate surface area is 101 Å². The number of thiophene rings is 1. The number of fused-ring (bicyclic) bond motifs is 1. The Balaban J connectivity index is 1.95. The van der Waals surface area contributed by atoms with Crippen LogP contribution < -0.4 is 0 Å². The number of aromatic nitrogens is 1. The Morgan fingerprint density at radius 3 is 2.94 bits per heavy atom. The van der Waals surface area contributed by atoms with Gasteiger partial charge in [-0.25, -0.2) is 9.98 Å². The zero-order valence-electron chi connectivity index (χ0n) is 8.33. The van der Waals surface area contributed by atoms with Crippen LogP contribution in [-0.2, 0) is 0 Å². The molecule has 0 saturated carbocycles. The molecule has 0 unspecified atom stereocenters. The average Bonchev–Trinajstić information content (AvgIpc) is 2.95. The van der Waals surface area contributed by atoms with E-state index in [0.29, 0.717) is 0 Å². The van der Waals surface area contributed by atoms with Crippen LogP contribution in [-0.4, -0.2) is 11.2 Å². The predicted molar refractivity (Wildman–Crippen MR) is 71.2 cm³/mol. The van der Waals surface area contributed by atoms with Crippen molar-refractivity contribution < 1.29 is 0 Å². The number of thiazole rings is 1. The van der Waals surface area contributed by atoms with Crippen LogP contribution >= 0.6 is 22.7 Å². The summed E-state index contributed by atoms with van der Waals surface area (Å²) in [5.41, 5.74) is 2.15. The Morgan fingerprint density at radius 1 is 1.19 bits per heavy atom. The van der Waals surface area contributed by atoms with Gasteiger partial charge in [-0.15, -0.1) is 0 Å². The molecule has 3 rings (SSSR count). The molecule has 0 aliphatic rings. The second-order valence-electron chi connectivity index (χ2n) is 3.28. The SMILES string of the molecule is C(=Nc1nc2ccccc2s1)c1ccsc1. The largest absolute Gasteiger partial charge is 0.227 e. The molecule has 1 aromatic carbocycles. The summed E-state index contributed by atoms with van der Waals surface area (Å²) in [6.07, 6.45) is 1.86.